The number of fused-ring (bicyclic) bond motifs is 3. The molecule has 3 heterocycles. The highest BCUT2D eigenvalue weighted by Crippen LogP contribution is 2.48. The van der Waals surface area contributed by atoms with Gasteiger partial charge in [-0.25, -0.2) is 0 Å². The van der Waals surface area contributed by atoms with Crippen molar-refractivity contribution in [2.24, 2.45) is 17.8 Å². The van der Waals surface area contributed by atoms with Gasteiger partial charge in [0.1, 0.15) is 11.6 Å². The largest absolute Gasteiger partial charge is 0.300 e. The first kappa shape index (κ1) is 14.4. The Morgan fingerprint density at radius 3 is 2.78 bits per heavy atom. The summed E-state index contributed by atoms with van der Waals surface area (Å²) in [5.74, 6) is 1.13. The lowest BCUT2D eigenvalue weighted by molar-refractivity contribution is -0.136. The molecule has 0 N–H and O–H groups in total. The van der Waals surface area contributed by atoms with E-state index in [0.717, 1.165) is 32.4 Å². The first-order valence-corrected chi connectivity index (χ1v) is 9.33. The summed E-state index contributed by atoms with van der Waals surface area (Å²) in [6, 6.07) is 1.48. The highest BCUT2D eigenvalue weighted by molar-refractivity contribution is 5.93. The second-order valence-electron chi connectivity index (χ2n) is 8.48. The number of Topliss-reactive ketones (excluding diaryl/α,β-unsaturated/α-hetero) is 2. The summed E-state index contributed by atoms with van der Waals surface area (Å²) in [6.45, 7) is 2.22. The van der Waals surface area contributed by atoms with Gasteiger partial charge in [-0.05, 0) is 38.6 Å². The van der Waals surface area contributed by atoms with Gasteiger partial charge in [-0.1, -0.05) is 11.6 Å². The van der Waals surface area contributed by atoms with Crippen LogP contribution < -0.4 is 0 Å². The predicted molar refractivity (Wildman–Crippen MR) is 87.0 cm³/mol. The number of hydrogen-bond donors (Lipinski definition) is 0. The lowest BCUT2D eigenvalue weighted by Crippen LogP contribution is -2.59. The molecule has 0 aromatic heterocycles. The number of nitrogens with zero attached hydrogens (tertiary/aromatic N) is 2. The molecule has 2 saturated heterocycles. The lowest BCUT2D eigenvalue weighted by Gasteiger charge is -2.46. The molecule has 23 heavy (non-hydrogen) atoms. The van der Waals surface area contributed by atoms with E-state index in [1.54, 1.807) is 0 Å². The molecule has 4 heteroatoms. The molecule has 4 bridgehead atoms. The fourth-order valence-corrected chi connectivity index (χ4v) is 6.22. The highest BCUT2D eigenvalue weighted by atomic mass is 16.1. The lowest BCUT2D eigenvalue weighted by atomic mass is 9.67. The number of hydrogen-bond acceptors (Lipinski definition) is 4. The van der Waals surface area contributed by atoms with Gasteiger partial charge >= 0.3 is 0 Å². The van der Waals surface area contributed by atoms with E-state index >= 15 is 0 Å². The summed E-state index contributed by atoms with van der Waals surface area (Å²) in [5.41, 5.74) is 1.43. The molecule has 1 unspecified atom stereocenters. The summed E-state index contributed by atoms with van der Waals surface area (Å²) in [6.07, 6.45) is 7.83. The van der Waals surface area contributed by atoms with Gasteiger partial charge in [-0.3, -0.25) is 14.5 Å². The van der Waals surface area contributed by atoms with Crippen LogP contribution in [-0.4, -0.2) is 59.6 Å². The average Bonchev–Trinajstić information content (AvgIpc) is 2.88. The van der Waals surface area contributed by atoms with E-state index in [2.05, 4.69) is 22.9 Å². The smallest absolute Gasteiger partial charge is 0.140 e. The van der Waals surface area contributed by atoms with E-state index in [0.29, 0.717) is 48.5 Å². The SMILES string of the molecule is CN1C[C@@H]2C[C@H]3CCC(=O)C4[C@@H]5C=C(CCC5=O)C[C@H]1CN2[C@H]43. The molecule has 3 aliphatic heterocycles. The molecule has 0 aromatic rings. The molecule has 6 atom stereocenters. The predicted octanol–water partition coefficient (Wildman–Crippen LogP) is 1.65. The van der Waals surface area contributed by atoms with Gasteiger partial charge in [0, 0.05) is 55.9 Å². The second kappa shape index (κ2) is 5.00. The normalized spacial score (nSPS) is 46.9. The molecule has 4 nitrogen and oxygen atoms in total. The molecule has 0 aromatic carbocycles. The Morgan fingerprint density at radius 1 is 1.04 bits per heavy atom. The Kier molecular flexibility index (Phi) is 3.12. The van der Waals surface area contributed by atoms with Gasteiger partial charge in [0.05, 0.1) is 0 Å². The maximum atomic E-state index is 12.8. The van der Waals surface area contributed by atoms with Crippen molar-refractivity contribution in [2.75, 3.05) is 20.1 Å². The zero-order valence-electron chi connectivity index (χ0n) is 13.9. The molecule has 124 valence electrons. The molecule has 5 rings (SSSR count). The van der Waals surface area contributed by atoms with Crippen LogP contribution in [0.1, 0.15) is 38.5 Å². The number of allylic oxidation sites excluding steroid dienone is 1. The van der Waals surface area contributed by atoms with E-state index in [9.17, 15) is 9.59 Å². The first-order valence-electron chi connectivity index (χ1n) is 9.33. The molecular formula is C19H26N2O2. The van der Waals surface area contributed by atoms with E-state index in [1.165, 1.54) is 12.0 Å². The zero-order valence-corrected chi connectivity index (χ0v) is 13.9. The minimum absolute atomic E-state index is 0.0521. The van der Waals surface area contributed by atoms with Gasteiger partial charge in [-0.2, -0.15) is 0 Å². The first-order chi connectivity index (χ1) is 11.1. The highest BCUT2D eigenvalue weighted by Gasteiger charge is 2.55. The number of ketones is 2. The minimum atomic E-state index is -0.123. The molecule has 5 aliphatic rings. The number of carbonyl (C=O) groups excluding carboxylic acids is 2. The quantitative estimate of drug-likeness (QED) is 0.638. The summed E-state index contributed by atoms with van der Waals surface area (Å²) in [5, 5.41) is 0. The summed E-state index contributed by atoms with van der Waals surface area (Å²) < 4.78 is 0. The Hall–Kier alpha value is -1.00. The van der Waals surface area contributed by atoms with Crippen molar-refractivity contribution in [3.8, 4) is 0 Å². The standard InChI is InChI=1S/C19H26N2O2/c1-20-9-14-8-12-3-5-17(23)18-15-7-11(2-4-16(15)22)6-13(20)10-21(14)19(12)18/h7,12-15,18-19H,2-6,8-10H2,1H3/t12-,13+,14+,15-,18?,19+/m1/s1. The van der Waals surface area contributed by atoms with Gasteiger partial charge in [-0.15, -0.1) is 0 Å². The second-order valence-corrected chi connectivity index (χ2v) is 8.48. The number of piperazine rings is 1. The third kappa shape index (κ3) is 2.04. The van der Waals surface area contributed by atoms with Crippen LogP contribution in [-0.2, 0) is 9.59 Å². The monoisotopic (exact) mass is 314 g/mol. The average molecular weight is 314 g/mol. The van der Waals surface area contributed by atoms with Crippen LogP contribution in [0.15, 0.2) is 11.6 Å². The molecule has 0 amide bonds. The zero-order chi connectivity index (χ0) is 15.7. The Balaban J connectivity index is 1.64. The van der Waals surface area contributed by atoms with E-state index < -0.39 is 0 Å². The van der Waals surface area contributed by atoms with Gasteiger partial charge in [0.2, 0.25) is 0 Å². The van der Waals surface area contributed by atoms with E-state index in [4.69, 9.17) is 0 Å². The van der Waals surface area contributed by atoms with Crippen LogP contribution >= 0.6 is 0 Å². The maximum Gasteiger partial charge on any atom is 0.140 e. The van der Waals surface area contributed by atoms with Crippen LogP contribution in [0.2, 0.25) is 0 Å². The van der Waals surface area contributed by atoms with Crippen molar-refractivity contribution in [1.82, 2.24) is 9.80 Å². The van der Waals surface area contributed by atoms with Crippen molar-refractivity contribution < 1.29 is 9.59 Å². The van der Waals surface area contributed by atoms with Crippen molar-refractivity contribution in [1.29, 1.82) is 0 Å². The third-order valence-corrected chi connectivity index (χ3v) is 7.32. The molecule has 0 spiro atoms. The van der Waals surface area contributed by atoms with Crippen molar-refractivity contribution in [3.63, 3.8) is 0 Å². The van der Waals surface area contributed by atoms with Crippen molar-refractivity contribution in [2.45, 2.75) is 56.7 Å². The Bertz CT molecular complexity index is 598. The molecule has 1 saturated carbocycles. The summed E-state index contributed by atoms with van der Waals surface area (Å²) >= 11 is 0. The Labute approximate surface area is 137 Å². The van der Waals surface area contributed by atoms with Crippen LogP contribution in [0, 0.1) is 17.8 Å². The van der Waals surface area contributed by atoms with Crippen molar-refractivity contribution in [3.05, 3.63) is 11.6 Å². The van der Waals surface area contributed by atoms with Gasteiger partial charge in [0.15, 0.2) is 0 Å². The number of rotatable bonds is 0. The Morgan fingerprint density at radius 2 is 1.91 bits per heavy atom. The maximum absolute atomic E-state index is 12.8. The molecular weight excluding hydrogens is 288 g/mol. The van der Waals surface area contributed by atoms with E-state index in [1.807, 2.05) is 0 Å². The fraction of sp³-hybridized carbons (Fsp3) is 0.789. The third-order valence-electron chi connectivity index (χ3n) is 7.32. The van der Waals surface area contributed by atoms with Gasteiger partial charge < -0.3 is 4.90 Å². The minimum Gasteiger partial charge on any atom is -0.300 e. The molecule has 3 fully saturated rings. The number of carbonyl (C=O) groups is 2. The summed E-state index contributed by atoms with van der Waals surface area (Å²) in [7, 11) is 2.26. The fourth-order valence-electron chi connectivity index (χ4n) is 6.22. The van der Waals surface area contributed by atoms with Crippen molar-refractivity contribution >= 4 is 11.6 Å². The van der Waals surface area contributed by atoms with Crippen LogP contribution in [0.4, 0.5) is 0 Å². The molecule has 2 aliphatic carbocycles. The van der Waals surface area contributed by atoms with Crippen LogP contribution in [0.3, 0.4) is 0 Å². The number of likely N-dealkylation sites (N-methyl/N-ethyl adjacent to an activating group) is 1. The van der Waals surface area contributed by atoms with Gasteiger partial charge in [0.25, 0.3) is 0 Å². The van der Waals surface area contributed by atoms with Crippen LogP contribution in [0.25, 0.3) is 0 Å². The van der Waals surface area contributed by atoms with Crippen LogP contribution in [0.5, 0.6) is 0 Å². The topological polar surface area (TPSA) is 40.6 Å². The van der Waals surface area contributed by atoms with E-state index in [-0.39, 0.29) is 11.8 Å². The summed E-state index contributed by atoms with van der Waals surface area (Å²) in [4.78, 5) is 30.6. The molecule has 0 radical (unpaired) electrons.